The summed E-state index contributed by atoms with van der Waals surface area (Å²) in [6, 6.07) is 6.91. The Balaban J connectivity index is 2.52. The van der Waals surface area contributed by atoms with Gasteiger partial charge in [0.1, 0.15) is 16.4 Å². The topological polar surface area (TPSA) is 147 Å². The van der Waals surface area contributed by atoms with Crippen LogP contribution in [0.3, 0.4) is 0 Å². The van der Waals surface area contributed by atoms with Crippen LogP contribution < -0.4 is 16.2 Å². The van der Waals surface area contributed by atoms with E-state index >= 15 is 0 Å². The molecule has 9 nitrogen and oxygen atoms in total. The monoisotopic (exact) mass is 350 g/mol. The lowest BCUT2D eigenvalue weighted by Gasteiger charge is -2.11. The molecule has 2 rings (SSSR count). The second kappa shape index (κ2) is 7.06. The van der Waals surface area contributed by atoms with E-state index in [0.717, 1.165) is 13.2 Å². The molecule has 1 aromatic carbocycles. The average Bonchev–Trinajstić information content (AvgIpc) is 2.55. The van der Waals surface area contributed by atoms with Crippen molar-refractivity contribution in [3.8, 4) is 11.5 Å². The van der Waals surface area contributed by atoms with E-state index in [9.17, 15) is 13.2 Å². The van der Waals surface area contributed by atoms with Crippen molar-refractivity contribution in [3.05, 3.63) is 48.3 Å². The summed E-state index contributed by atoms with van der Waals surface area (Å²) in [5.74, 6) is -0.957. The SMILES string of the molecule is COS(=O)(=O)c1cc(C(=O)N=C(N)N)ccc1Oc1cccnc1. The smallest absolute Gasteiger partial charge is 0.300 e. The number of ether oxygens (including phenoxy) is 1. The summed E-state index contributed by atoms with van der Waals surface area (Å²) in [7, 11) is -3.15. The van der Waals surface area contributed by atoms with Crippen molar-refractivity contribution >= 4 is 22.0 Å². The van der Waals surface area contributed by atoms with Gasteiger partial charge in [-0.3, -0.25) is 14.0 Å². The predicted octanol–water partition coefficient (Wildman–Crippen LogP) is 0.623. The third kappa shape index (κ3) is 4.06. The number of guanidine groups is 1. The number of benzene rings is 1. The summed E-state index contributed by atoms with van der Waals surface area (Å²) in [5, 5.41) is 0. The zero-order valence-electron chi connectivity index (χ0n) is 12.5. The molecule has 24 heavy (non-hydrogen) atoms. The van der Waals surface area contributed by atoms with Gasteiger partial charge >= 0.3 is 0 Å². The summed E-state index contributed by atoms with van der Waals surface area (Å²) in [4.78, 5) is 18.7. The number of amides is 1. The number of carbonyl (C=O) groups is 1. The molecular weight excluding hydrogens is 336 g/mol. The van der Waals surface area contributed by atoms with E-state index < -0.39 is 22.0 Å². The van der Waals surface area contributed by atoms with Crippen LogP contribution in [0.15, 0.2) is 52.6 Å². The van der Waals surface area contributed by atoms with Crippen LogP contribution in [0.1, 0.15) is 10.4 Å². The van der Waals surface area contributed by atoms with E-state index in [1.807, 2.05) is 0 Å². The molecular formula is C14H14N4O5S. The zero-order valence-corrected chi connectivity index (χ0v) is 13.4. The number of aromatic nitrogens is 1. The Morgan fingerprint density at radius 2 is 2.00 bits per heavy atom. The highest BCUT2D eigenvalue weighted by Gasteiger charge is 2.22. The van der Waals surface area contributed by atoms with E-state index in [-0.39, 0.29) is 16.2 Å². The maximum Gasteiger partial charge on any atom is 0.300 e. The van der Waals surface area contributed by atoms with E-state index in [1.165, 1.54) is 24.5 Å². The Morgan fingerprint density at radius 3 is 2.58 bits per heavy atom. The van der Waals surface area contributed by atoms with Gasteiger partial charge in [0.25, 0.3) is 16.0 Å². The second-order valence-corrected chi connectivity index (χ2v) is 6.10. The molecule has 0 aliphatic carbocycles. The fourth-order valence-electron chi connectivity index (χ4n) is 1.73. The van der Waals surface area contributed by atoms with Gasteiger partial charge in [-0.2, -0.15) is 13.4 Å². The van der Waals surface area contributed by atoms with Gasteiger partial charge < -0.3 is 16.2 Å². The Hall–Kier alpha value is -2.98. The first-order valence-corrected chi connectivity index (χ1v) is 7.91. The Kier molecular flexibility index (Phi) is 5.11. The fourth-order valence-corrected chi connectivity index (χ4v) is 2.53. The van der Waals surface area contributed by atoms with Crippen molar-refractivity contribution in [2.45, 2.75) is 4.90 Å². The van der Waals surface area contributed by atoms with E-state index in [2.05, 4.69) is 14.2 Å². The molecule has 10 heteroatoms. The molecule has 2 aromatic rings. The van der Waals surface area contributed by atoms with Gasteiger partial charge in [0.15, 0.2) is 5.96 Å². The minimum Gasteiger partial charge on any atom is -0.454 e. The van der Waals surface area contributed by atoms with Crippen LogP contribution in [0.4, 0.5) is 0 Å². The number of hydrogen-bond donors (Lipinski definition) is 2. The molecule has 0 aliphatic heterocycles. The molecule has 0 spiro atoms. The van der Waals surface area contributed by atoms with Crippen molar-refractivity contribution in [2.75, 3.05) is 7.11 Å². The molecule has 1 amide bonds. The van der Waals surface area contributed by atoms with Crippen molar-refractivity contribution < 1.29 is 22.1 Å². The van der Waals surface area contributed by atoms with Crippen molar-refractivity contribution in [3.63, 3.8) is 0 Å². The number of carbonyl (C=O) groups excluding carboxylic acids is 1. The molecule has 0 atom stereocenters. The third-order valence-corrected chi connectivity index (χ3v) is 4.07. The van der Waals surface area contributed by atoms with E-state index in [1.54, 1.807) is 12.1 Å². The molecule has 1 heterocycles. The van der Waals surface area contributed by atoms with Crippen LogP contribution in [0.2, 0.25) is 0 Å². The first-order chi connectivity index (χ1) is 11.3. The van der Waals surface area contributed by atoms with Crippen LogP contribution >= 0.6 is 0 Å². The largest absolute Gasteiger partial charge is 0.454 e. The van der Waals surface area contributed by atoms with Gasteiger partial charge in [-0.15, -0.1) is 0 Å². The maximum atomic E-state index is 12.1. The highest BCUT2D eigenvalue weighted by Crippen LogP contribution is 2.30. The van der Waals surface area contributed by atoms with Gasteiger partial charge in [0.2, 0.25) is 0 Å². The van der Waals surface area contributed by atoms with Gasteiger partial charge in [-0.05, 0) is 30.3 Å². The van der Waals surface area contributed by atoms with Crippen LogP contribution in [0.25, 0.3) is 0 Å². The number of hydrogen-bond acceptors (Lipinski definition) is 6. The molecule has 0 saturated heterocycles. The second-order valence-electron chi connectivity index (χ2n) is 4.41. The quantitative estimate of drug-likeness (QED) is 0.453. The highest BCUT2D eigenvalue weighted by atomic mass is 32.2. The summed E-state index contributed by atoms with van der Waals surface area (Å²) < 4.78 is 34.2. The standard InChI is InChI=1S/C14H14N4O5S/c1-22-24(20,21)12-7-9(13(19)18-14(15)16)4-5-11(12)23-10-3-2-6-17-8-10/h2-8H,1H3,(H4,15,16,18,19). The molecule has 1 aromatic heterocycles. The van der Waals surface area contributed by atoms with Crippen LogP contribution in [0, 0.1) is 0 Å². The van der Waals surface area contributed by atoms with Crippen molar-refractivity contribution in [1.29, 1.82) is 0 Å². The van der Waals surface area contributed by atoms with Crippen molar-refractivity contribution in [1.82, 2.24) is 4.98 Å². The summed E-state index contributed by atoms with van der Waals surface area (Å²) in [6.07, 6.45) is 2.94. The minimum absolute atomic E-state index is 0.0360. The first kappa shape index (κ1) is 17.4. The molecule has 0 unspecified atom stereocenters. The zero-order chi connectivity index (χ0) is 17.7. The van der Waals surface area contributed by atoms with Crippen LogP contribution in [-0.2, 0) is 14.3 Å². The Bertz CT molecular complexity index is 877. The number of aliphatic imine (C=N–C) groups is 1. The lowest BCUT2D eigenvalue weighted by molar-refractivity contribution is 0.100. The lowest BCUT2D eigenvalue weighted by atomic mass is 10.2. The number of pyridine rings is 1. The summed E-state index contributed by atoms with van der Waals surface area (Å²) in [5.41, 5.74) is 10.2. The van der Waals surface area contributed by atoms with E-state index in [0.29, 0.717) is 5.75 Å². The molecule has 4 N–H and O–H groups in total. The fraction of sp³-hybridized carbons (Fsp3) is 0.0714. The van der Waals surface area contributed by atoms with Crippen molar-refractivity contribution in [2.24, 2.45) is 16.5 Å². The predicted molar refractivity (Wildman–Crippen MR) is 85.1 cm³/mol. The average molecular weight is 350 g/mol. The van der Waals surface area contributed by atoms with Gasteiger partial charge in [0.05, 0.1) is 13.3 Å². The molecule has 0 bridgehead atoms. The molecule has 0 fully saturated rings. The lowest BCUT2D eigenvalue weighted by Crippen LogP contribution is -2.24. The Labute approximate surface area is 138 Å². The summed E-state index contributed by atoms with van der Waals surface area (Å²) in [6.45, 7) is 0. The van der Waals surface area contributed by atoms with Gasteiger partial charge in [-0.1, -0.05) is 0 Å². The maximum absolute atomic E-state index is 12.1. The van der Waals surface area contributed by atoms with Gasteiger partial charge in [-0.25, -0.2) is 0 Å². The number of rotatable bonds is 5. The van der Waals surface area contributed by atoms with Crippen LogP contribution in [-0.4, -0.2) is 32.4 Å². The van der Waals surface area contributed by atoms with Gasteiger partial charge in [0, 0.05) is 11.8 Å². The number of nitrogens with zero attached hydrogens (tertiary/aromatic N) is 2. The number of nitrogens with two attached hydrogens (primary N) is 2. The summed E-state index contributed by atoms with van der Waals surface area (Å²) >= 11 is 0. The molecule has 0 saturated carbocycles. The molecule has 126 valence electrons. The third-order valence-electron chi connectivity index (χ3n) is 2.77. The first-order valence-electron chi connectivity index (χ1n) is 6.50. The normalized spacial score (nSPS) is 10.9. The van der Waals surface area contributed by atoms with E-state index in [4.69, 9.17) is 16.2 Å². The Morgan fingerprint density at radius 1 is 1.25 bits per heavy atom. The molecule has 0 radical (unpaired) electrons. The highest BCUT2D eigenvalue weighted by molar-refractivity contribution is 7.86. The van der Waals surface area contributed by atoms with Crippen LogP contribution in [0.5, 0.6) is 11.5 Å². The molecule has 0 aliphatic rings. The minimum atomic E-state index is -4.14.